The van der Waals surface area contributed by atoms with E-state index in [0.717, 1.165) is 30.4 Å². The lowest BCUT2D eigenvalue weighted by Gasteiger charge is -2.34. The number of nitrogens with zero attached hydrogens (tertiary/aromatic N) is 1. The molecule has 0 radical (unpaired) electrons. The van der Waals surface area contributed by atoms with Gasteiger partial charge in [0.1, 0.15) is 0 Å². The van der Waals surface area contributed by atoms with E-state index in [1.165, 1.54) is 83.5 Å². The molecule has 0 fully saturated rings. The molecule has 0 aromatic rings. The molecule has 0 aliphatic heterocycles. The maximum absolute atomic E-state index is 12.9. The van der Waals surface area contributed by atoms with Gasteiger partial charge in [0.2, 0.25) is 17.7 Å². The number of carbonyl (C=O) groups excluding carboxylic acids is 3. The van der Waals surface area contributed by atoms with Gasteiger partial charge in [0.15, 0.2) is 0 Å². The minimum absolute atomic E-state index is 0.153. The van der Waals surface area contributed by atoms with Crippen LogP contribution in [0.15, 0.2) is 0 Å². The molecule has 0 aromatic heterocycles. The summed E-state index contributed by atoms with van der Waals surface area (Å²) in [5.74, 6) is -0.861. The molecule has 0 bridgehead atoms. The lowest BCUT2D eigenvalue weighted by atomic mass is 9.85. The number of carbonyl (C=O) groups is 3. The molecule has 230 valence electrons. The van der Waals surface area contributed by atoms with Gasteiger partial charge in [-0.25, -0.2) is 0 Å². The minimum Gasteiger partial charge on any atom is -0.369 e. The fraction of sp³-hybridized carbons (Fsp3) is 0.909. The van der Waals surface area contributed by atoms with Gasteiger partial charge >= 0.3 is 0 Å². The Morgan fingerprint density at radius 1 is 0.718 bits per heavy atom. The summed E-state index contributed by atoms with van der Waals surface area (Å²) in [6, 6.07) is 0. The molecule has 39 heavy (non-hydrogen) atoms. The molecule has 0 aliphatic carbocycles. The predicted molar refractivity (Wildman–Crippen MR) is 165 cm³/mol. The highest BCUT2D eigenvalue weighted by Crippen LogP contribution is 2.25. The van der Waals surface area contributed by atoms with E-state index in [9.17, 15) is 14.4 Å². The number of unbranched alkanes of at least 4 members (excludes halogenated alkanes) is 14. The van der Waals surface area contributed by atoms with Crippen LogP contribution in [0.25, 0.3) is 0 Å². The maximum atomic E-state index is 12.9. The second kappa shape index (κ2) is 23.3. The van der Waals surface area contributed by atoms with Crippen molar-refractivity contribution in [1.82, 2.24) is 5.32 Å². The minimum atomic E-state index is -0.294. The van der Waals surface area contributed by atoms with Gasteiger partial charge in [-0.15, -0.1) is 0 Å². The quantitative estimate of drug-likeness (QED) is 0.0858. The van der Waals surface area contributed by atoms with Gasteiger partial charge in [-0.05, 0) is 32.6 Å². The number of imide groups is 1. The second-order valence-electron chi connectivity index (χ2n) is 12.8. The van der Waals surface area contributed by atoms with Gasteiger partial charge in [-0.1, -0.05) is 111 Å². The Hall–Kier alpha value is -1.43. The lowest BCUT2D eigenvalue weighted by Crippen LogP contribution is -2.45. The smallest absolute Gasteiger partial charge is 0.229 e. The Balaban J connectivity index is 4.16. The van der Waals surface area contributed by atoms with E-state index in [1.807, 2.05) is 13.8 Å². The Morgan fingerprint density at radius 3 is 1.59 bits per heavy atom. The average Bonchev–Trinajstić information content (AvgIpc) is 2.88. The third-order valence-electron chi connectivity index (χ3n) is 8.53. The van der Waals surface area contributed by atoms with Crippen molar-refractivity contribution in [3.05, 3.63) is 0 Å². The molecule has 0 saturated carbocycles. The topological polar surface area (TPSA) is 89.3 Å². The Kier molecular flexibility index (Phi) is 22.4. The predicted octanol–water partition coefficient (Wildman–Crippen LogP) is 7.53. The van der Waals surface area contributed by atoms with Crippen molar-refractivity contribution in [3.63, 3.8) is 0 Å². The number of nitrogens with two attached hydrogens (primary N) is 1. The molecule has 6 nitrogen and oxygen atoms in total. The molecule has 0 spiro atoms. The number of amides is 3. The van der Waals surface area contributed by atoms with Crippen LogP contribution in [0.5, 0.6) is 0 Å². The Bertz CT molecular complexity index is 650. The zero-order valence-electron chi connectivity index (χ0n) is 26.8. The zero-order chi connectivity index (χ0) is 29.5. The Morgan fingerprint density at radius 2 is 1.18 bits per heavy atom. The van der Waals surface area contributed by atoms with Gasteiger partial charge in [-0.3, -0.25) is 19.7 Å². The fourth-order valence-corrected chi connectivity index (χ4v) is 5.51. The van der Waals surface area contributed by atoms with Gasteiger partial charge in [0.25, 0.3) is 0 Å². The van der Waals surface area contributed by atoms with E-state index in [1.54, 1.807) is 0 Å². The first-order valence-corrected chi connectivity index (χ1v) is 16.5. The maximum Gasteiger partial charge on any atom is 0.229 e. The molecule has 3 N–H and O–H groups in total. The summed E-state index contributed by atoms with van der Waals surface area (Å²) < 4.78 is 0.826. The summed E-state index contributed by atoms with van der Waals surface area (Å²) in [7, 11) is 4.34. The van der Waals surface area contributed by atoms with Gasteiger partial charge in [0.05, 0.1) is 27.2 Å². The number of hydrogen-bond donors (Lipinski definition) is 2. The summed E-state index contributed by atoms with van der Waals surface area (Å²) >= 11 is 0. The Labute approximate surface area is 242 Å². The van der Waals surface area contributed by atoms with Crippen molar-refractivity contribution in [2.24, 2.45) is 23.5 Å². The summed E-state index contributed by atoms with van der Waals surface area (Å²) in [5, 5.41) is 2.66. The van der Waals surface area contributed by atoms with Crippen LogP contribution in [-0.4, -0.2) is 49.4 Å². The van der Waals surface area contributed by atoms with Crippen molar-refractivity contribution in [2.75, 3.05) is 27.2 Å². The van der Waals surface area contributed by atoms with Crippen molar-refractivity contribution in [1.29, 1.82) is 0 Å². The number of primary amides is 1. The van der Waals surface area contributed by atoms with Gasteiger partial charge < -0.3 is 10.2 Å². The monoisotopic (exact) mass is 553 g/mol. The molecule has 0 heterocycles. The molecular weight excluding hydrogens is 486 g/mol. The second-order valence-corrected chi connectivity index (χ2v) is 12.8. The highest BCUT2D eigenvalue weighted by atomic mass is 16.2. The van der Waals surface area contributed by atoms with Crippen LogP contribution in [0.4, 0.5) is 0 Å². The number of quaternary nitrogens is 1. The van der Waals surface area contributed by atoms with Crippen molar-refractivity contribution >= 4 is 17.7 Å². The zero-order valence-corrected chi connectivity index (χ0v) is 26.8. The van der Waals surface area contributed by atoms with Crippen LogP contribution >= 0.6 is 0 Å². The SMILES string of the molecule is CCCCCCCCCCCCCCCCCC(=O)NC(=O)C(CC)CC(CC(C)C(N)=O)C[N+](C)(C)CC. The number of hydrogen-bond acceptors (Lipinski definition) is 3. The number of nitrogens with one attached hydrogen (secondary N) is 1. The standard InChI is InChI=1S/C33H65N3O3/c1-7-10-11-12-13-14-15-16-17-18-19-20-21-22-23-24-31(37)35-33(39)30(8-2)26-29(25-28(4)32(34)38)27-36(5,6)9-3/h28-30H,7-27H2,1-6H3,(H2-,34,35,37,38,39)/p+1. The highest BCUT2D eigenvalue weighted by molar-refractivity contribution is 5.96. The molecule has 0 aliphatic rings. The molecule has 0 rings (SSSR count). The van der Waals surface area contributed by atoms with E-state index in [-0.39, 0.29) is 35.5 Å². The highest BCUT2D eigenvalue weighted by Gasteiger charge is 2.29. The molecule has 3 amide bonds. The lowest BCUT2D eigenvalue weighted by molar-refractivity contribution is -0.892. The molecule has 0 saturated heterocycles. The first-order valence-electron chi connectivity index (χ1n) is 16.5. The molecule has 3 atom stereocenters. The van der Waals surface area contributed by atoms with E-state index < -0.39 is 0 Å². The van der Waals surface area contributed by atoms with E-state index >= 15 is 0 Å². The van der Waals surface area contributed by atoms with E-state index in [0.29, 0.717) is 25.7 Å². The van der Waals surface area contributed by atoms with Crippen LogP contribution in [-0.2, 0) is 14.4 Å². The molecular formula is C33H66N3O3+. The summed E-state index contributed by atoms with van der Waals surface area (Å²) in [4.78, 5) is 37.0. The van der Waals surface area contributed by atoms with E-state index in [4.69, 9.17) is 5.73 Å². The van der Waals surface area contributed by atoms with Crippen molar-refractivity contribution < 1.29 is 18.9 Å². The molecule has 6 heteroatoms. The number of rotatable bonds is 26. The van der Waals surface area contributed by atoms with Crippen LogP contribution in [0.3, 0.4) is 0 Å². The third kappa shape index (κ3) is 21.0. The summed E-state index contributed by atoms with van der Waals surface area (Å²) in [6.45, 7) is 10.1. The summed E-state index contributed by atoms with van der Waals surface area (Å²) in [5.41, 5.74) is 5.53. The van der Waals surface area contributed by atoms with Crippen LogP contribution in [0.1, 0.15) is 150 Å². The van der Waals surface area contributed by atoms with Crippen molar-refractivity contribution in [3.8, 4) is 0 Å². The first-order chi connectivity index (χ1) is 18.6. The fourth-order valence-electron chi connectivity index (χ4n) is 5.51. The van der Waals surface area contributed by atoms with Crippen molar-refractivity contribution in [2.45, 2.75) is 150 Å². The normalized spacial score (nSPS) is 14.1. The molecule has 3 unspecified atom stereocenters. The average molecular weight is 553 g/mol. The van der Waals surface area contributed by atoms with Gasteiger partial charge in [-0.2, -0.15) is 0 Å². The van der Waals surface area contributed by atoms with E-state index in [2.05, 4.69) is 33.3 Å². The summed E-state index contributed by atoms with van der Waals surface area (Å²) in [6.07, 6.45) is 21.8. The van der Waals surface area contributed by atoms with Crippen LogP contribution in [0.2, 0.25) is 0 Å². The first kappa shape index (κ1) is 37.6. The largest absolute Gasteiger partial charge is 0.369 e. The van der Waals surface area contributed by atoms with Gasteiger partial charge in [0, 0.05) is 24.2 Å². The third-order valence-corrected chi connectivity index (χ3v) is 8.53. The van der Waals surface area contributed by atoms with Crippen LogP contribution in [0, 0.1) is 17.8 Å². The molecule has 0 aromatic carbocycles. The van der Waals surface area contributed by atoms with Crippen LogP contribution < -0.4 is 11.1 Å².